The minimum atomic E-state index is -4.78. The second-order valence-corrected chi connectivity index (χ2v) is 6.33. The molecule has 104 valence electrons. The van der Waals surface area contributed by atoms with E-state index in [9.17, 15) is 21.9 Å². The molecule has 1 saturated heterocycles. The standard InChI is InChI=1S/C9H10FN3O4S2/c1-18-9-11-6(3-7(14)12-9)13-4-5(2-8(13)15)19(10,16)17/h3,5H,2,4H2,1H3,(H,11,12,14). The van der Waals surface area contributed by atoms with E-state index < -0.39 is 33.4 Å². The van der Waals surface area contributed by atoms with Gasteiger partial charge in [-0.3, -0.25) is 14.5 Å². The van der Waals surface area contributed by atoms with Crippen LogP contribution in [-0.2, 0) is 15.0 Å². The van der Waals surface area contributed by atoms with E-state index in [0.29, 0.717) is 5.16 Å². The number of hydrogen-bond donors (Lipinski definition) is 1. The van der Waals surface area contributed by atoms with Gasteiger partial charge in [-0.2, -0.15) is 8.42 Å². The Morgan fingerprint density at radius 3 is 2.74 bits per heavy atom. The van der Waals surface area contributed by atoms with Crippen molar-refractivity contribution in [1.82, 2.24) is 9.97 Å². The van der Waals surface area contributed by atoms with Crippen LogP contribution in [0.2, 0.25) is 0 Å². The van der Waals surface area contributed by atoms with Crippen LogP contribution in [0.3, 0.4) is 0 Å². The third-order valence-corrected chi connectivity index (χ3v) is 4.36. The molecular formula is C9H10FN3O4S2. The number of hydrogen-bond acceptors (Lipinski definition) is 6. The molecule has 0 aliphatic carbocycles. The van der Waals surface area contributed by atoms with Crippen molar-refractivity contribution in [3.05, 3.63) is 16.4 Å². The molecule has 0 spiro atoms. The summed E-state index contributed by atoms with van der Waals surface area (Å²) >= 11 is 1.17. The molecule has 1 amide bonds. The average molecular weight is 307 g/mol. The zero-order chi connectivity index (χ0) is 14.2. The highest BCUT2D eigenvalue weighted by Crippen LogP contribution is 2.24. The van der Waals surface area contributed by atoms with Crippen molar-refractivity contribution in [2.45, 2.75) is 16.8 Å². The quantitative estimate of drug-likeness (QED) is 0.475. The van der Waals surface area contributed by atoms with Gasteiger partial charge in [0.1, 0.15) is 11.1 Å². The van der Waals surface area contributed by atoms with Gasteiger partial charge in [-0.25, -0.2) is 4.98 Å². The second-order valence-electron chi connectivity index (χ2n) is 3.92. The van der Waals surface area contributed by atoms with Gasteiger partial charge in [0.2, 0.25) is 5.91 Å². The zero-order valence-corrected chi connectivity index (χ0v) is 11.4. The molecule has 0 saturated carbocycles. The summed E-state index contributed by atoms with van der Waals surface area (Å²) in [6, 6.07) is 1.07. The predicted octanol–water partition coefficient (Wildman–Crippen LogP) is -0.104. The maximum atomic E-state index is 12.9. The predicted molar refractivity (Wildman–Crippen MR) is 67.4 cm³/mol. The van der Waals surface area contributed by atoms with Crippen LogP contribution < -0.4 is 10.5 Å². The van der Waals surface area contributed by atoms with Gasteiger partial charge in [0.25, 0.3) is 5.56 Å². The number of anilines is 1. The smallest absolute Gasteiger partial charge is 0.301 e. The number of carbonyl (C=O) groups is 1. The van der Waals surface area contributed by atoms with Gasteiger partial charge >= 0.3 is 10.2 Å². The van der Waals surface area contributed by atoms with Crippen molar-refractivity contribution >= 4 is 33.7 Å². The fourth-order valence-corrected chi connectivity index (χ4v) is 2.80. The first-order valence-corrected chi connectivity index (χ1v) is 7.87. The first kappa shape index (κ1) is 14.0. The Bertz CT molecular complexity index is 672. The lowest BCUT2D eigenvalue weighted by Gasteiger charge is -2.14. The van der Waals surface area contributed by atoms with Crippen LogP contribution in [0, 0.1) is 0 Å². The van der Waals surface area contributed by atoms with E-state index in [0.717, 1.165) is 11.0 Å². The van der Waals surface area contributed by atoms with Gasteiger partial charge in [0.15, 0.2) is 5.16 Å². The topological polar surface area (TPSA) is 100 Å². The van der Waals surface area contributed by atoms with Crippen molar-refractivity contribution in [2.24, 2.45) is 0 Å². The maximum absolute atomic E-state index is 12.9. The first-order chi connectivity index (χ1) is 8.81. The minimum Gasteiger partial charge on any atom is -0.301 e. The number of aromatic amines is 1. The van der Waals surface area contributed by atoms with Crippen molar-refractivity contribution in [3.8, 4) is 0 Å². The Hall–Kier alpha value is -1.42. The summed E-state index contributed by atoms with van der Waals surface area (Å²) in [6.07, 6.45) is 1.24. The fraction of sp³-hybridized carbons (Fsp3) is 0.444. The molecule has 10 heteroatoms. The van der Waals surface area contributed by atoms with Crippen LogP contribution in [0.4, 0.5) is 9.70 Å². The van der Waals surface area contributed by atoms with Crippen LogP contribution >= 0.6 is 11.8 Å². The molecule has 1 fully saturated rings. The van der Waals surface area contributed by atoms with Gasteiger partial charge in [-0.1, -0.05) is 11.8 Å². The molecule has 1 atom stereocenters. The van der Waals surface area contributed by atoms with Gasteiger partial charge in [0, 0.05) is 19.0 Å². The van der Waals surface area contributed by atoms with Crippen molar-refractivity contribution in [2.75, 3.05) is 17.7 Å². The molecule has 7 nitrogen and oxygen atoms in total. The number of aromatic nitrogens is 2. The Kier molecular flexibility index (Phi) is 3.63. The van der Waals surface area contributed by atoms with Crippen LogP contribution in [0.5, 0.6) is 0 Å². The number of nitrogens with zero attached hydrogens (tertiary/aromatic N) is 2. The Morgan fingerprint density at radius 1 is 1.53 bits per heavy atom. The number of carbonyl (C=O) groups excluding carboxylic acids is 1. The lowest BCUT2D eigenvalue weighted by Crippen LogP contribution is -2.29. The number of halogens is 1. The van der Waals surface area contributed by atoms with E-state index in [-0.39, 0.29) is 12.4 Å². The number of amides is 1. The summed E-state index contributed by atoms with van der Waals surface area (Å²) in [7, 11) is -4.78. The Balaban J connectivity index is 2.36. The molecule has 1 aliphatic rings. The lowest BCUT2D eigenvalue weighted by molar-refractivity contribution is -0.117. The van der Waals surface area contributed by atoms with E-state index in [2.05, 4.69) is 9.97 Å². The highest BCUT2D eigenvalue weighted by atomic mass is 32.3. The van der Waals surface area contributed by atoms with Crippen molar-refractivity contribution in [3.63, 3.8) is 0 Å². The van der Waals surface area contributed by atoms with Gasteiger partial charge < -0.3 is 4.98 Å². The highest BCUT2D eigenvalue weighted by Gasteiger charge is 2.39. The lowest BCUT2D eigenvalue weighted by atomic mass is 10.4. The normalized spacial score (nSPS) is 20.0. The minimum absolute atomic E-state index is 0.0317. The Labute approximate surface area is 112 Å². The largest absolute Gasteiger partial charge is 0.307 e. The van der Waals surface area contributed by atoms with E-state index in [4.69, 9.17) is 0 Å². The number of nitrogens with one attached hydrogen (secondary N) is 1. The zero-order valence-electron chi connectivity index (χ0n) is 9.79. The van der Waals surface area contributed by atoms with Gasteiger partial charge in [-0.15, -0.1) is 3.89 Å². The summed E-state index contributed by atoms with van der Waals surface area (Å²) in [5.74, 6) is -0.541. The molecule has 0 radical (unpaired) electrons. The molecule has 1 aromatic heterocycles. The first-order valence-electron chi connectivity index (χ1n) is 5.20. The molecule has 1 aromatic rings. The highest BCUT2D eigenvalue weighted by molar-refractivity contribution is 7.98. The van der Waals surface area contributed by atoms with Crippen LogP contribution in [-0.4, -0.2) is 42.3 Å². The van der Waals surface area contributed by atoms with Crippen LogP contribution in [0.25, 0.3) is 0 Å². The van der Waals surface area contributed by atoms with Gasteiger partial charge in [-0.05, 0) is 6.26 Å². The summed E-state index contributed by atoms with van der Waals surface area (Å²) in [4.78, 5) is 30.5. The fourth-order valence-electron chi connectivity index (χ4n) is 1.74. The number of rotatable bonds is 3. The van der Waals surface area contributed by atoms with E-state index in [1.54, 1.807) is 6.26 Å². The maximum Gasteiger partial charge on any atom is 0.307 e. The summed E-state index contributed by atoms with van der Waals surface area (Å²) in [5, 5.41) is -1.11. The molecule has 2 heterocycles. The summed E-state index contributed by atoms with van der Waals surface area (Å²) in [6.45, 7) is -0.331. The second kappa shape index (κ2) is 4.93. The van der Waals surface area contributed by atoms with E-state index in [1.165, 1.54) is 11.8 Å². The Morgan fingerprint density at radius 2 is 2.21 bits per heavy atom. The van der Waals surface area contributed by atoms with Crippen molar-refractivity contribution in [1.29, 1.82) is 0 Å². The number of thioether (sulfide) groups is 1. The molecular weight excluding hydrogens is 297 g/mol. The van der Waals surface area contributed by atoms with Crippen molar-refractivity contribution < 1.29 is 17.1 Å². The molecule has 2 rings (SSSR count). The molecule has 19 heavy (non-hydrogen) atoms. The van der Waals surface area contributed by atoms with E-state index >= 15 is 0 Å². The monoisotopic (exact) mass is 307 g/mol. The molecule has 1 aliphatic heterocycles. The molecule has 1 unspecified atom stereocenters. The SMILES string of the molecule is CSc1nc(N2CC(S(=O)(=O)F)CC2=O)cc(=O)[nH]1. The summed E-state index contributed by atoms with van der Waals surface area (Å²) < 4.78 is 34.5. The molecule has 0 bridgehead atoms. The third-order valence-electron chi connectivity index (χ3n) is 2.66. The van der Waals surface area contributed by atoms with E-state index in [1.807, 2.05) is 0 Å². The van der Waals surface area contributed by atoms with Gasteiger partial charge in [0.05, 0.1) is 0 Å². The molecule has 0 aromatic carbocycles. The number of H-pyrrole nitrogens is 1. The average Bonchev–Trinajstić information content (AvgIpc) is 2.70. The third kappa shape index (κ3) is 2.95. The van der Waals surface area contributed by atoms with Crippen LogP contribution in [0.1, 0.15) is 6.42 Å². The van der Waals surface area contributed by atoms with Crippen LogP contribution in [0.15, 0.2) is 16.0 Å². The molecule has 1 N–H and O–H groups in total. The summed E-state index contributed by atoms with van der Waals surface area (Å²) in [5.41, 5.74) is -0.464.